The van der Waals surface area contributed by atoms with Crippen LogP contribution in [0.25, 0.3) is 0 Å². The van der Waals surface area contributed by atoms with Crippen LogP contribution < -0.4 is 5.32 Å². The Morgan fingerprint density at radius 2 is 1.73 bits per heavy atom. The summed E-state index contributed by atoms with van der Waals surface area (Å²) in [7, 11) is 2.25. The molecule has 1 aromatic rings. The first-order valence-electron chi connectivity index (χ1n) is 17.1. The molecule has 5 fully saturated rings. The number of piperazine rings is 1. The summed E-state index contributed by atoms with van der Waals surface area (Å²) in [5.41, 5.74) is 1.95. The summed E-state index contributed by atoms with van der Waals surface area (Å²) in [6, 6.07) is 11.6. The van der Waals surface area contributed by atoms with Crippen molar-refractivity contribution < 1.29 is 5.11 Å². The standard InChI is InChI=1S/C36H59N3O/c1-26(9-8-18-39-21-19-38(4)20-22-39)31-14-15-32-30-13-12-28-23-29(37-25-27-10-6-5-7-11-27)16-17-35(28,2)33(30)24-34(40)36(31,32)3/h5-7,10-11,26,28-34,37,40H,8-9,12-25H2,1-4H3/t26-,28-,29+,30+,31-,32+,33+,34+,35+,36-/m1/s1. The van der Waals surface area contributed by atoms with Crippen LogP contribution in [0.1, 0.15) is 90.5 Å². The molecule has 224 valence electrons. The Balaban J connectivity index is 1.06. The zero-order valence-corrected chi connectivity index (χ0v) is 26.2. The van der Waals surface area contributed by atoms with E-state index in [0.29, 0.717) is 17.4 Å². The van der Waals surface area contributed by atoms with Gasteiger partial charge in [0.25, 0.3) is 0 Å². The largest absolute Gasteiger partial charge is 0.393 e. The smallest absolute Gasteiger partial charge is 0.0602 e. The molecule has 0 unspecified atom stereocenters. The predicted molar refractivity (Wildman–Crippen MR) is 166 cm³/mol. The van der Waals surface area contributed by atoms with E-state index in [0.717, 1.165) is 42.6 Å². The van der Waals surface area contributed by atoms with Gasteiger partial charge in [-0.25, -0.2) is 0 Å². The molecule has 10 atom stereocenters. The van der Waals surface area contributed by atoms with Crippen LogP contribution in [0.5, 0.6) is 0 Å². The number of likely N-dealkylation sites (N-methyl/N-ethyl adjacent to an activating group) is 1. The molecule has 0 amide bonds. The van der Waals surface area contributed by atoms with Gasteiger partial charge in [0.2, 0.25) is 0 Å². The number of nitrogens with zero attached hydrogens (tertiary/aromatic N) is 2. The van der Waals surface area contributed by atoms with E-state index in [1.54, 1.807) is 0 Å². The van der Waals surface area contributed by atoms with Crippen molar-refractivity contribution in [1.29, 1.82) is 0 Å². The lowest BCUT2D eigenvalue weighted by Gasteiger charge is -2.62. The lowest BCUT2D eigenvalue weighted by Crippen LogP contribution is -2.59. The minimum absolute atomic E-state index is 0.115. The Morgan fingerprint density at radius 3 is 2.50 bits per heavy atom. The molecule has 0 aromatic heterocycles. The van der Waals surface area contributed by atoms with Gasteiger partial charge in [0.05, 0.1) is 6.10 Å². The van der Waals surface area contributed by atoms with Gasteiger partial charge in [-0.15, -0.1) is 0 Å². The molecule has 5 aliphatic rings. The lowest BCUT2D eigenvalue weighted by molar-refractivity contribution is -0.169. The summed E-state index contributed by atoms with van der Waals surface area (Å²) < 4.78 is 0. The van der Waals surface area contributed by atoms with Crippen LogP contribution in [-0.4, -0.2) is 66.8 Å². The highest BCUT2D eigenvalue weighted by atomic mass is 16.3. The molecule has 2 N–H and O–H groups in total. The number of fused-ring (bicyclic) bond motifs is 5. The Hall–Kier alpha value is -0.940. The van der Waals surface area contributed by atoms with Crippen molar-refractivity contribution in [3.8, 4) is 0 Å². The predicted octanol–water partition coefficient (Wildman–Crippen LogP) is 6.44. The first kappa shape index (κ1) is 29.1. The van der Waals surface area contributed by atoms with Crippen LogP contribution in [0.4, 0.5) is 0 Å². The van der Waals surface area contributed by atoms with Crippen molar-refractivity contribution in [3.63, 3.8) is 0 Å². The zero-order chi connectivity index (χ0) is 27.9. The summed E-state index contributed by atoms with van der Waals surface area (Å²) >= 11 is 0. The molecule has 4 heteroatoms. The fraction of sp³-hybridized carbons (Fsp3) is 0.833. The Bertz CT molecular complexity index is 962. The van der Waals surface area contributed by atoms with Crippen LogP contribution in [0, 0.1) is 46.3 Å². The van der Waals surface area contributed by atoms with Gasteiger partial charge in [0.15, 0.2) is 0 Å². The van der Waals surface area contributed by atoms with Crippen molar-refractivity contribution in [1.82, 2.24) is 15.1 Å². The van der Waals surface area contributed by atoms with Gasteiger partial charge in [-0.2, -0.15) is 0 Å². The summed E-state index contributed by atoms with van der Waals surface area (Å²) in [6.07, 6.45) is 13.1. The number of hydrogen-bond acceptors (Lipinski definition) is 4. The van der Waals surface area contributed by atoms with Crippen molar-refractivity contribution in [3.05, 3.63) is 35.9 Å². The van der Waals surface area contributed by atoms with Gasteiger partial charge in [0.1, 0.15) is 0 Å². The number of aliphatic hydroxyl groups excluding tert-OH is 1. The minimum Gasteiger partial charge on any atom is -0.393 e. The third-order valence-corrected chi connectivity index (χ3v) is 13.7. The summed E-state index contributed by atoms with van der Waals surface area (Å²) in [4.78, 5) is 5.13. The molecule has 40 heavy (non-hydrogen) atoms. The number of benzene rings is 1. The minimum atomic E-state index is -0.115. The molecule has 1 heterocycles. The van der Waals surface area contributed by atoms with E-state index in [2.05, 4.69) is 73.3 Å². The first-order chi connectivity index (χ1) is 19.3. The second-order valence-corrected chi connectivity index (χ2v) is 15.6. The SMILES string of the molecule is C[C@H](CCCN1CCN(C)CC1)[C@H]1CC[C@H]2[C@@H]3CC[C@@H]4C[C@@H](NCc5ccccc5)CC[C@]4(C)[C@H]3C[C@H](O)[C@]12C. The number of rotatable bonds is 8. The molecule has 1 saturated heterocycles. The van der Waals surface area contributed by atoms with Gasteiger partial charge in [0, 0.05) is 38.8 Å². The van der Waals surface area contributed by atoms with E-state index in [9.17, 15) is 5.11 Å². The average molecular weight is 550 g/mol. The Morgan fingerprint density at radius 1 is 0.950 bits per heavy atom. The maximum Gasteiger partial charge on any atom is 0.0602 e. The van der Waals surface area contributed by atoms with E-state index in [1.165, 1.54) is 96.1 Å². The molecule has 0 spiro atoms. The number of aliphatic hydroxyl groups is 1. The quantitative estimate of drug-likeness (QED) is 0.392. The molecular formula is C36H59N3O. The molecule has 0 radical (unpaired) electrons. The van der Waals surface area contributed by atoms with E-state index < -0.39 is 0 Å². The molecule has 4 nitrogen and oxygen atoms in total. The van der Waals surface area contributed by atoms with Crippen LogP contribution in [0.3, 0.4) is 0 Å². The van der Waals surface area contributed by atoms with Gasteiger partial charge < -0.3 is 20.2 Å². The molecule has 6 rings (SSSR count). The molecule has 1 aliphatic heterocycles. The van der Waals surface area contributed by atoms with Gasteiger partial charge in [-0.05, 0) is 130 Å². The van der Waals surface area contributed by atoms with E-state index in [-0.39, 0.29) is 11.5 Å². The van der Waals surface area contributed by atoms with Crippen LogP contribution in [-0.2, 0) is 6.54 Å². The van der Waals surface area contributed by atoms with Crippen LogP contribution in [0.2, 0.25) is 0 Å². The molecular weight excluding hydrogens is 490 g/mol. The normalized spacial score (nSPS) is 43.1. The monoisotopic (exact) mass is 549 g/mol. The third kappa shape index (κ3) is 5.45. The second kappa shape index (κ2) is 12.0. The molecule has 4 aliphatic carbocycles. The van der Waals surface area contributed by atoms with Gasteiger partial charge in [-0.1, -0.05) is 51.1 Å². The average Bonchev–Trinajstić information content (AvgIpc) is 3.33. The number of hydrogen-bond donors (Lipinski definition) is 2. The van der Waals surface area contributed by atoms with E-state index in [1.807, 2.05) is 0 Å². The van der Waals surface area contributed by atoms with Crippen molar-refractivity contribution in [2.45, 2.75) is 104 Å². The van der Waals surface area contributed by atoms with E-state index >= 15 is 0 Å². The maximum atomic E-state index is 12.0. The Labute approximate surface area is 245 Å². The summed E-state index contributed by atoms with van der Waals surface area (Å²) in [5, 5.41) is 15.9. The molecule has 1 aromatic carbocycles. The maximum absolute atomic E-state index is 12.0. The van der Waals surface area contributed by atoms with Gasteiger partial charge >= 0.3 is 0 Å². The third-order valence-electron chi connectivity index (χ3n) is 13.7. The zero-order valence-electron chi connectivity index (χ0n) is 26.2. The van der Waals surface area contributed by atoms with Crippen molar-refractivity contribution >= 4 is 0 Å². The van der Waals surface area contributed by atoms with Crippen LogP contribution in [0.15, 0.2) is 30.3 Å². The molecule has 0 bridgehead atoms. The second-order valence-electron chi connectivity index (χ2n) is 15.6. The summed E-state index contributed by atoms with van der Waals surface area (Å²) in [5.74, 6) is 4.54. The molecule has 4 saturated carbocycles. The van der Waals surface area contributed by atoms with Crippen LogP contribution >= 0.6 is 0 Å². The lowest BCUT2D eigenvalue weighted by atomic mass is 9.43. The highest BCUT2D eigenvalue weighted by Crippen LogP contribution is 2.68. The topological polar surface area (TPSA) is 38.7 Å². The van der Waals surface area contributed by atoms with Gasteiger partial charge in [-0.3, -0.25) is 0 Å². The van der Waals surface area contributed by atoms with Crippen molar-refractivity contribution in [2.75, 3.05) is 39.8 Å². The number of nitrogens with one attached hydrogen (secondary N) is 1. The fourth-order valence-electron chi connectivity index (χ4n) is 11.1. The van der Waals surface area contributed by atoms with E-state index in [4.69, 9.17) is 0 Å². The highest BCUT2D eigenvalue weighted by Gasteiger charge is 2.63. The highest BCUT2D eigenvalue weighted by molar-refractivity contribution is 5.15. The fourth-order valence-corrected chi connectivity index (χ4v) is 11.1. The Kier molecular flexibility index (Phi) is 8.73. The summed E-state index contributed by atoms with van der Waals surface area (Å²) in [6.45, 7) is 14.9. The van der Waals surface area contributed by atoms with Crippen molar-refractivity contribution in [2.24, 2.45) is 46.3 Å². The first-order valence-corrected chi connectivity index (χ1v) is 17.1.